The number of alkyl halides is 1. The molecule has 0 spiro atoms. The van der Waals surface area contributed by atoms with Gasteiger partial charge in [0.15, 0.2) is 5.78 Å². The summed E-state index contributed by atoms with van der Waals surface area (Å²) < 4.78 is 0. The fraction of sp³-hybridized carbons (Fsp3) is 0.200. The van der Waals surface area contributed by atoms with Crippen molar-refractivity contribution in [3.8, 4) is 6.07 Å². The normalized spacial score (nSPS) is 11.6. The van der Waals surface area contributed by atoms with Crippen LogP contribution in [0.4, 0.5) is 5.69 Å². The molecular weight excluding hydrogens is 232 g/mol. The van der Waals surface area contributed by atoms with Gasteiger partial charge >= 0.3 is 0 Å². The van der Waals surface area contributed by atoms with Crippen LogP contribution in [0.25, 0.3) is 0 Å². The van der Waals surface area contributed by atoms with Crippen molar-refractivity contribution in [1.82, 2.24) is 0 Å². The van der Waals surface area contributed by atoms with Crippen LogP contribution in [-0.4, -0.2) is 10.7 Å². The number of hydrogen-bond donors (Lipinski definition) is 0. The lowest BCUT2D eigenvalue weighted by Crippen LogP contribution is -2.05. The summed E-state index contributed by atoms with van der Waals surface area (Å²) in [6.45, 7) is 1.26. The van der Waals surface area contributed by atoms with E-state index in [1.807, 2.05) is 0 Å². The monoisotopic (exact) mass is 238 g/mol. The number of rotatable bonds is 3. The Morgan fingerprint density at radius 3 is 2.69 bits per heavy atom. The number of nitriles is 1. The standard InChI is InChI=1S/C10H7ClN2O3/c1-6(14)10(11)7-3-2-4-9(13(15)16)8(7)5-12/h2-4,10H,1H3. The van der Waals surface area contributed by atoms with Crippen LogP contribution in [0.5, 0.6) is 0 Å². The Bertz CT molecular complexity index is 493. The first-order valence-corrected chi connectivity index (χ1v) is 4.74. The molecule has 0 bridgehead atoms. The van der Waals surface area contributed by atoms with Gasteiger partial charge in [-0.15, -0.1) is 11.6 Å². The van der Waals surface area contributed by atoms with Gasteiger partial charge in [0.25, 0.3) is 5.69 Å². The number of ketones is 1. The third-order valence-corrected chi connectivity index (χ3v) is 2.56. The predicted molar refractivity (Wildman–Crippen MR) is 57.1 cm³/mol. The zero-order valence-corrected chi connectivity index (χ0v) is 9.06. The van der Waals surface area contributed by atoms with Gasteiger partial charge in [0.05, 0.1) is 4.92 Å². The minimum atomic E-state index is -1.03. The zero-order chi connectivity index (χ0) is 12.3. The number of carbonyl (C=O) groups is 1. The van der Waals surface area contributed by atoms with Gasteiger partial charge in [0.1, 0.15) is 17.0 Å². The first-order chi connectivity index (χ1) is 7.49. The van der Waals surface area contributed by atoms with Gasteiger partial charge in [-0.2, -0.15) is 5.26 Å². The van der Waals surface area contributed by atoms with E-state index >= 15 is 0 Å². The van der Waals surface area contributed by atoms with Gasteiger partial charge in [-0.25, -0.2) is 0 Å². The van der Waals surface area contributed by atoms with Gasteiger partial charge in [0, 0.05) is 11.6 Å². The van der Waals surface area contributed by atoms with E-state index in [2.05, 4.69) is 0 Å². The highest BCUT2D eigenvalue weighted by Gasteiger charge is 2.23. The average Bonchev–Trinajstić information content (AvgIpc) is 2.26. The molecule has 0 aliphatic carbocycles. The van der Waals surface area contributed by atoms with Crippen LogP contribution in [0.3, 0.4) is 0 Å². The van der Waals surface area contributed by atoms with Crippen molar-refractivity contribution in [3.63, 3.8) is 0 Å². The third-order valence-electron chi connectivity index (χ3n) is 2.01. The molecule has 6 heteroatoms. The van der Waals surface area contributed by atoms with E-state index in [0.29, 0.717) is 0 Å². The summed E-state index contributed by atoms with van der Waals surface area (Å²) in [7, 11) is 0. The summed E-state index contributed by atoms with van der Waals surface area (Å²) >= 11 is 5.78. The summed E-state index contributed by atoms with van der Waals surface area (Å²) in [5.41, 5.74) is -0.333. The number of hydrogen-bond acceptors (Lipinski definition) is 4. The number of halogens is 1. The minimum absolute atomic E-state index is 0.164. The van der Waals surface area contributed by atoms with E-state index in [-0.39, 0.29) is 22.6 Å². The number of nitro benzene ring substituents is 1. The molecule has 16 heavy (non-hydrogen) atoms. The van der Waals surface area contributed by atoms with Crippen molar-refractivity contribution in [2.45, 2.75) is 12.3 Å². The second kappa shape index (κ2) is 4.73. The summed E-state index contributed by atoms with van der Waals surface area (Å²) in [5, 5.41) is 18.5. The van der Waals surface area contributed by atoms with Crippen LogP contribution in [0.15, 0.2) is 18.2 Å². The molecule has 0 radical (unpaired) electrons. The zero-order valence-electron chi connectivity index (χ0n) is 8.31. The molecule has 0 aromatic heterocycles. The van der Waals surface area contributed by atoms with E-state index in [1.165, 1.54) is 25.1 Å². The highest BCUT2D eigenvalue weighted by atomic mass is 35.5. The summed E-state index contributed by atoms with van der Waals surface area (Å²) in [5.74, 6) is -0.362. The summed E-state index contributed by atoms with van der Waals surface area (Å²) in [6, 6.07) is 5.73. The van der Waals surface area contributed by atoms with E-state index in [4.69, 9.17) is 16.9 Å². The van der Waals surface area contributed by atoms with Crippen molar-refractivity contribution < 1.29 is 9.72 Å². The second-order valence-electron chi connectivity index (χ2n) is 3.08. The van der Waals surface area contributed by atoms with E-state index in [9.17, 15) is 14.9 Å². The highest BCUT2D eigenvalue weighted by molar-refractivity contribution is 6.31. The average molecular weight is 239 g/mol. The first-order valence-electron chi connectivity index (χ1n) is 4.31. The molecule has 0 saturated carbocycles. The van der Waals surface area contributed by atoms with Gasteiger partial charge in [-0.1, -0.05) is 12.1 Å². The number of nitrogens with zero attached hydrogens (tertiary/aromatic N) is 2. The Morgan fingerprint density at radius 1 is 1.62 bits per heavy atom. The fourth-order valence-electron chi connectivity index (χ4n) is 1.26. The van der Waals surface area contributed by atoms with E-state index in [1.54, 1.807) is 6.07 Å². The molecule has 5 nitrogen and oxygen atoms in total. The molecule has 1 unspecified atom stereocenters. The molecule has 1 aromatic rings. The van der Waals surface area contributed by atoms with Crippen LogP contribution < -0.4 is 0 Å². The number of benzene rings is 1. The van der Waals surface area contributed by atoms with Crippen molar-refractivity contribution >= 4 is 23.1 Å². The molecule has 0 fully saturated rings. The maximum Gasteiger partial charge on any atom is 0.287 e. The molecule has 0 aliphatic rings. The first kappa shape index (κ1) is 12.1. The smallest absolute Gasteiger partial charge is 0.287 e. The SMILES string of the molecule is CC(=O)C(Cl)c1cccc([N+](=O)[O-])c1C#N. The van der Waals surface area contributed by atoms with E-state index < -0.39 is 10.3 Å². The van der Waals surface area contributed by atoms with Crippen LogP contribution >= 0.6 is 11.6 Å². The molecule has 1 rings (SSSR count). The highest BCUT2D eigenvalue weighted by Crippen LogP contribution is 2.30. The summed E-state index contributed by atoms with van der Waals surface area (Å²) in [6.07, 6.45) is 0. The second-order valence-corrected chi connectivity index (χ2v) is 3.52. The van der Waals surface area contributed by atoms with E-state index in [0.717, 1.165) is 0 Å². The molecule has 0 saturated heterocycles. The van der Waals surface area contributed by atoms with Crippen LogP contribution in [0.1, 0.15) is 23.4 Å². The maximum atomic E-state index is 11.1. The molecule has 1 atom stereocenters. The fourth-order valence-corrected chi connectivity index (χ4v) is 1.44. The molecule has 0 N–H and O–H groups in total. The predicted octanol–water partition coefficient (Wildman–Crippen LogP) is 2.34. The Hall–Kier alpha value is -1.93. The van der Waals surface area contributed by atoms with Gasteiger partial charge in [-0.05, 0) is 6.92 Å². The quantitative estimate of drug-likeness (QED) is 0.460. The van der Waals surface area contributed by atoms with Crippen LogP contribution in [-0.2, 0) is 4.79 Å². The number of Topliss-reactive ketones (excluding diaryl/α,β-unsaturated/α-hetero) is 1. The lowest BCUT2D eigenvalue weighted by Gasteiger charge is -2.07. The Labute approximate surface area is 96.4 Å². The Morgan fingerprint density at radius 2 is 2.25 bits per heavy atom. The van der Waals surface area contributed by atoms with Crippen molar-refractivity contribution in [3.05, 3.63) is 39.4 Å². The third kappa shape index (κ3) is 2.18. The number of nitro groups is 1. The Kier molecular flexibility index (Phi) is 3.59. The maximum absolute atomic E-state index is 11.1. The molecule has 0 aliphatic heterocycles. The lowest BCUT2D eigenvalue weighted by atomic mass is 10.0. The molecule has 0 amide bonds. The Balaban J connectivity index is 3.42. The minimum Gasteiger partial charge on any atom is -0.298 e. The van der Waals surface area contributed by atoms with Gasteiger partial charge in [0.2, 0.25) is 0 Å². The molecule has 0 heterocycles. The van der Waals surface area contributed by atoms with Crippen molar-refractivity contribution in [1.29, 1.82) is 5.26 Å². The van der Waals surface area contributed by atoms with Crippen molar-refractivity contribution in [2.24, 2.45) is 0 Å². The molecule has 82 valence electrons. The number of carbonyl (C=O) groups excluding carboxylic acids is 1. The molecular formula is C10H7ClN2O3. The lowest BCUT2D eigenvalue weighted by molar-refractivity contribution is -0.385. The van der Waals surface area contributed by atoms with Crippen molar-refractivity contribution in [2.75, 3.05) is 0 Å². The summed E-state index contributed by atoms with van der Waals surface area (Å²) in [4.78, 5) is 21.1. The van der Waals surface area contributed by atoms with Crippen LogP contribution in [0, 0.1) is 21.4 Å². The topological polar surface area (TPSA) is 84.0 Å². The molecule has 1 aromatic carbocycles. The van der Waals surface area contributed by atoms with Gasteiger partial charge < -0.3 is 0 Å². The van der Waals surface area contributed by atoms with Crippen LogP contribution in [0.2, 0.25) is 0 Å². The largest absolute Gasteiger partial charge is 0.298 e. The van der Waals surface area contributed by atoms with Gasteiger partial charge in [-0.3, -0.25) is 14.9 Å².